The van der Waals surface area contributed by atoms with Crippen molar-refractivity contribution in [3.8, 4) is 5.75 Å². The Labute approximate surface area is 163 Å². The predicted molar refractivity (Wildman–Crippen MR) is 104 cm³/mol. The van der Waals surface area contributed by atoms with Crippen LogP contribution in [-0.2, 0) is 17.7 Å². The summed E-state index contributed by atoms with van der Waals surface area (Å²) >= 11 is 6.39. The van der Waals surface area contributed by atoms with Crippen LogP contribution in [0, 0.1) is 6.92 Å². The molecule has 140 valence electrons. The van der Waals surface area contributed by atoms with Crippen molar-refractivity contribution in [2.24, 2.45) is 0 Å². The average Bonchev–Trinajstić information content (AvgIpc) is 2.96. The summed E-state index contributed by atoms with van der Waals surface area (Å²) in [5.74, 6) is 0.342. The smallest absolute Gasteiger partial charge is 0.343 e. The fourth-order valence-corrected chi connectivity index (χ4v) is 3.08. The second kappa shape index (κ2) is 8.73. The second-order valence-electron chi connectivity index (χ2n) is 6.13. The van der Waals surface area contributed by atoms with Crippen LogP contribution in [0.2, 0.25) is 5.15 Å². The first-order valence-electron chi connectivity index (χ1n) is 8.65. The summed E-state index contributed by atoms with van der Waals surface area (Å²) in [5.41, 5.74) is 3.00. The molecule has 0 aliphatic carbocycles. The molecule has 1 aromatic heterocycles. The first kappa shape index (κ1) is 19.0. The molecule has 0 bridgehead atoms. The van der Waals surface area contributed by atoms with Gasteiger partial charge in [0.05, 0.1) is 26.0 Å². The molecule has 0 radical (unpaired) electrons. The minimum atomic E-state index is -0.453. The molecule has 0 unspecified atom stereocenters. The third kappa shape index (κ3) is 4.68. The van der Waals surface area contributed by atoms with E-state index in [0.29, 0.717) is 29.4 Å². The van der Waals surface area contributed by atoms with Gasteiger partial charge in [-0.1, -0.05) is 54.1 Å². The van der Waals surface area contributed by atoms with Gasteiger partial charge in [0.25, 0.3) is 0 Å². The zero-order valence-electron chi connectivity index (χ0n) is 15.3. The Bertz CT molecular complexity index is 905. The van der Waals surface area contributed by atoms with Crippen LogP contribution in [0.25, 0.3) is 0 Å². The van der Waals surface area contributed by atoms with E-state index in [2.05, 4.69) is 5.10 Å². The molecule has 6 heteroatoms. The van der Waals surface area contributed by atoms with Crippen LogP contribution in [0.3, 0.4) is 0 Å². The summed E-state index contributed by atoms with van der Waals surface area (Å²) in [5, 5.41) is 4.68. The molecule has 0 saturated heterocycles. The fourth-order valence-electron chi connectivity index (χ4n) is 2.77. The van der Waals surface area contributed by atoms with E-state index in [4.69, 9.17) is 21.1 Å². The van der Waals surface area contributed by atoms with Crippen molar-refractivity contribution in [3.63, 3.8) is 0 Å². The average molecular weight is 385 g/mol. The molecule has 0 fully saturated rings. The van der Waals surface area contributed by atoms with Crippen LogP contribution in [0.15, 0.2) is 54.6 Å². The van der Waals surface area contributed by atoms with Crippen LogP contribution in [0.5, 0.6) is 5.75 Å². The molecule has 5 nitrogen and oxygen atoms in total. The number of nitrogens with zero attached hydrogens (tertiary/aromatic N) is 2. The molecule has 3 rings (SSSR count). The minimum absolute atomic E-state index is 0.269. The highest BCUT2D eigenvalue weighted by Crippen LogP contribution is 2.22. The standard InChI is InChI=1S/C21H21ClN2O3/c1-15-19(20(22)24(23-15)14-17-6-4-3-5-7-17)21(25)27-13-12-16-8-10-18(26-2)11-9-16/h3-11H,12-14H2,1-2H3. The maximum absolute atomic E-state index is 12.5. The molecule has 3 aromatic rings. The molecule has 2 aromatic carbocycles. The third-order valence-electron chi connectivity index (χ3n) is 4.23. The van der Waals surface area contributed by atoms with Crippen LogP contribution < -0.4 is 4.74 Å². The highest BCUT2D eigenvalue weighted by Gasteiger charge is 2.21. The summed E-state index contributed by atoms with van der Waals surface area (Å²) in [6.07, 6.45) is 0.616. The number of hydrogen-bond donors (Lipinski definition) is 0. The van der Waals surface area contributed by atoms with Crippen LogP contribution in [-0.4, -0.2) is 29.5 Å². The Kier molecular flexibility index (Phi) is 6.14. The molecule has 0 aliphatic rings. The molecule has 27 heavy (non-hydrogen) atoms. The summed E-state index contributed by atoms with van der Waals surface area (Å²) < 4.78 is 12.2. The molecule has 0 atom stereocenters. The number of esters is 1. The predicted octanol–water partition coefficient (Wildman–Crippen LogP) is 4.30. The molecular weight excluding hydrogens is 364 g/mol. The second-order valence-corrected chi connectivity index (χ2v) is 6.49. The SMILES string of the molecule is COc1ccc(CCOC(=O)c2c(C)nn(Cc3ccccc3)c2Cl)cc1. The molecule has 0 amide bonds. The number of benzene rings is 2. The number of aromatic nitrogens is 2. The number of halogens is 1. The van der Waals surface area contributed by atoms with Gasteiger partial charge >= 0.3 is 5.97 Å². The number of rotatable bonds is 7. The number of methoxy groups -OCH3 is 1. The van der Waals surface area contributed by atoms with Gasteiger partial charge in [0.1, 0.15) is 16.5 Å². The lowest BCUT2D eigenvalue weighted by molar-refractivity contribution is 0.0508. The number of aryl methyl sites for hydroxylation is 1. The summed E-state index contributed by atoms with van der Waals surface area (Å²) in [4.78, 5) is 12.5. The molecule has 1 heterocycles. The maximum atomic E-state index is 12.5. The van der Waals surface area contributed by atoms with E-state index in [0.717, 1.165) is 16.9 Å². The van der Waals surface area contributed by atoms with Crippen molar-refractivity contribution in [1.29, 1.82) is 0 Å². The Morgan fingerprint density at radius 1 is 1.07 bits per heavy atom. The van der Waals surface area contributed by atoms with Gasteiger partial charge in [-0.25, -0.2) is 9.48 Å². The van der Waals surface area contributed by atoms with Gasteiger partial charge in [-0.2, -0.15) is 5.10 Å². The lowest BCUT2D eigenvalue weighted by Gasteiger charge is -2.06. The number of carbonyl (C=O) groups excluding carboxylic acids is 1. The lowest BCUT2D eigenvalue weighted by Crippen LogP contribution is -2.09. The van der Waals surface area contributed by atoms with Crippen LogP contribution in [0.1, 0.15) is 27.2 Å². The number of hydrogen-bond acceptors (Lipinski definition) is 4. The number of ether oxygens (including phenoxy) is 2. The Hall–Kier alpha value is -2.79. The quantitative estimate of drug-likeness (QED) is 0.570. The highest BCUT2D eigenvalue weighted by atomic mass is 35.5. The summed E-state index contributed by atoms with van der Waals surface area (Å²) in [7, 11) is 1.63. The Balaban J connectivity index is 1.62. The first-order valence-corrected chi connectivity index (χ1v) is 9.03. The Morgan fingerprint density at radius 2 is 1.78 bits per heavy atom. The topological polar surface area (TPSA) is 53.4 Å². The van der Waals surface area contributed by atoms with Crippen molar-refractivity contribution < 1.29 is 14.3 Å². The van der Waals surface area contributed by atoms with E-state index >= 15 is 0 Å². The molecule has 0 saturated carbocycles. The monoisotopic (exact) mass is 384 g/mol. The third-order valence-corrected chi connectivity index (χ3v) is 4.61. The minimum Gasteiger partial charge on any atom is -0.497 e. The van der Waals surface area contributed by atoms with Crippen molar-refractivity contribution >= 4 is 17.6 Å². The van der Waals surface area contributed by atoms with Gasteiger partial charge < -0.3 is 9.47 Å². The van der Waals surface area contributed by atoms with Gasteiger partial charge in [0.2, 0.25) is 0 Å². The van der Waals surface area contributed by atoms with E-state index in [1.54, 1.807) is 18.7 Å². The number of carbonyl (C=O) groups is 1. The van der Waals surface area contributed by atoms with Gasteiger partial charge in [-0.05, 0) is 30.2 Å². The van der Waals surface area contributed by atoms with E-state index in [9.17, 15) is 4.79 Å². The van der Waals surface area contributed by atoms with E-state index in [1.807, 2.05) is 54.6 Å². The summed E-state index contributed by atoms with van der Waals surface area (Å²) in [6.45, 7) is 2.53. The Morgan fingerprint density at radius 3 is 2.44 bits per heavy atom. The highest BCUT2D eigenvalue weighted by molar-refractivity contribution is 6.32. The van der Waals surface area contributed by atoms with E-state index in [-0.39, 0.29) is 6.61 Å². The molecule has 0 aliphatic heterocycles. The normalized spacial score (nSPS) is 10.6. The first-order chi connectivity index (χ1) is 13.1. The van der Waals surface area contributed by atoms with Gasteiger partial charge in [-0.3, -0.25) is 0 Å². The zero-order chi connectivity index (χ0) is 19.2. The van der Waals surface area contributed by atoms with E-state index < -0.39 is 5.97 Å². The zero-order valence-corrected chi connectivity index (χ0v) is 16.1. The van der Waals surface area contributed by atoms with Gasteiger partial charge in [-0.15, -0.1) is 0 Å². The van der Waals surface area contributed by atoms with Gasteiger partial charge in [0, 0.05) is 6.42 Å². The lowest BCUT2D eigenvalue weighted by atomic mass is 10.1. The molecule has 0 N–H and O–H groups in total. The van der Waals surface area contributed by atoms with Crippen molar-refractivity contribution in [2.45, 2.75) is 19.9 Å². The van der Waals surface area contributed by atoms with Crippen molar-refractivity contribution in [3.05, 3.63) is 82.1 Å². The summed E-state index contributed by atoms with van der Waals surface area (Å²) in [6, 6.07) is 17.5. The molecule has 0 spiro atoms. The van der Waals surface area contributed by atoms with Crippen molar-refractivity contribution in [2.75, 3.05) is 13.7 Å². The maximum Gasteiger partial charge on any atom is 0.343 e. The van der Waals surface area contributed by atoms with Crippen molar-refractivity contribution in [1.82, 2.24) is 9.78 Å². The van der Waals surface area contributed by atoms with E-state index in [1.165, 1.54) is 0 Å². The largest absolute Gasteiger partial charge is 0.497 e. The van der Waals surface area contributed by atoms with Crippen LogP contribution in [0.4, 0.5) is 0 Å². The van der Waals surface area contributed by atoms with Crippen LogP contribution >= 0.6 is 11.6 Å². The molecular formula is C21H21ClN2O3. The van der Waals surface area contributed by atoms with Gasteiger partial charge in [0.15, 0.2) is 0 Å². The fraction of sp³-hybridized carbons (Fsp3) is 0.238.